The minimum absolute atomic E-state index is 0.0188. The van der Waals surface area contributed by atoms with Crippen LogP contribution in [0.3, 0.4) is 0 Å². The van der Waals surface area contributed by atoms with Crippen LogP contribution in [0.1, 0.15) is 60.5 Å². The lowest BCUT2D eigenvalue weighted by Crippen LogP contribution is -2.53. The fourth-order valence-electron chi connectivity index (χ4n) is 7.41. The fraction of sp³-hybridized carbons (Fsp3) is 0.515. The molecule has 0 unspecified atom stereocenters. The van der Waals surface area contributed by atoms with Crippen LogP contribution in [0, 0.1) is 17.8 Å². The van der Waals surface area contributed by atoms with Crippen LogP contribution in [0.25, 0.3) is 0 Å². The highest BCUT2D eigenvalue weighted by atomic mass is 35.5. The van der Waals surface area contributed by atoms with Gasteiger partial charge in [-0.05, 0) is 92.0 Å². The van der Waals surface area contributed by atoms with Crippen molar-refractivity contribution in [1.29, 1.82) is 0 Å². The highest BCUT2D eigenvalue weighted by Crippen LogP contribution is 2.48. The van der Waals surface area contributed by atoms with Gasteiger partial charge in [-0.15, -0.1) is 0 Å². The van der Waals surface area contributed by atoms with Crippen molar-refractivity contribution in [3.05, 3.63) is 70.3 Å². The number of benzene rings is 2. The number of amides is 1. The van der Waals surface area contributed by atoms with E-state index >= 15 is 0 Å². The summed E-state index contributed by atoms with van der Waals surface area (Å²) < 4.78 is 29.3. The van der Waals surface area contributed by atoms with E-state index in [2.05, 4.69) is 21.4 Å². The van der Waals surface area contributed by atoms with Gasteiger partial charge in [0.15, 0.2) is 6.29 Å². The summed E-state index contributed by atoms with van der Waals surface area (Å²) in [4.78, 5) is 28.1. The Kier molecular flexibility index (Phi) is 8.24. The first kappa shape index (κ1) is 29.4. The zero-order valence-electron chi connectivity index (χ0n) is 24.2. The van der Waals surface area contributed by atoms with E-state index in [1.54, 1.807) is 13.2 Å². The summed E-state index contributed by atoms with van der Waals surface area (Å²) in [6.07, 6.45) is 10.3. The van der Waals surface area contributed by atoms with Crippen molar-refractivity contribution in [2.45, 2.75) is 56.5 Å². The van der Waals surface area contributed by atoms with Crippen molar-refractivity contribution < 1.29 is 23.3 Å². The Balaban J connectivity index is 1.46. The molecule has 0 radical (unpaired) electrons. The number of anilines is 1. The molecule has 4 aliphatic rings. The van der Waals surface area contributed by atoms with Crippen LogP contribution >= 0.6 is 11.6 Å². The molecule has 6 rings (SSSR count). The van der Waals surface area contributed by atoms with E-state index < -0.39 is 22.1 Å². The molecular formula is C33H38ClN2O5S-. The molecule has 1 saturated carbocycles. The van der Waals surface area contributed by atoms with E-state index in [0.717, 1.165) is 49.1 Å². The van der Waals surface area contributed by atoms with Gasteiger partial charge in [-0.2, -0.15) is 10.6 Å². The molecule has 0 saturated heterocycles. The molecule has 2 aliphatic carbocycles. The van der Waals surface area contributed by atoms with Crippen LogP contribution in [0.4, 0.5) is 5.69 Å². The van der Waals surface area contributed by atoms with Crippen molar-refractivity contribution in [2.24, 2.45) is 22.1 Å². The normalized spacial score (nSPS) is 32.4. The second kappa shape index (κ2) is 11.8. The quantitative estimate of drug-likeness (QED) is 0.225. The van der Waals surface area contributed by atoms with E-state index in [0.29, 0.717) is 37.4 Å². The zero-order chi connectivity index (χ0) is 29.5. The minimum atomic E-state index is -1.66. The van der Waals surface area contributed by atoms with Gasteiger partial charge in [0.1, 0.15) is 11.4 Å². The number of ether oxygens (including phenoxy) is 2. The molecule has 2 heterocycles. The van der Waals surface area contributed by atoms with Crippen molar-refractivity contribution >= 4 is 40.1 Å². The third-order valence-electron chi connectivity index (χ3n) is 9.80. The average Bonchev–Trinajstić information content (AvgIpc) is 3.11. The number of allylic oxidation sites excluding steroid dienone is 1. The van der Waals surface area contributed by atoms with Crippen LogP contribution in [0.5, 0.6) is 5.75 Å². The summed E-state index contributed by atoms with van der Waals surface area (Å²) in [5, 5.41) is 0.738. The second-order valence-electron chi connectivity index (χ2n) is 12.5. The lowest BCUT2D eigenvalue weighted by atomic mass is 9.64. The van der Waals surface area contributed by atoms with Gasteiger partial charge in [0.05, 0.1) is 12.3 Å². The molecule has 1 fully saturated rings. The van der Waals surface area contributed by atoms with Gasteiger partial charge >= 0.3 is 0 Å². The van der Waals surface area contributed by atoms with Crippen LogP contribution in [-0.2, 0) is 36.2 Å². The predicted octanol–water partition coefficient (Wildman–Crippen LogP) is 6.31. The molecule has 7 nitrogen and oxygen atoms in total. The first-order valence-corrected chi connectivity index (χ1v) is 16.6. The largest absolute Gasteiger partial charge is 0.490 e. The maximum absolute atomic E-state index is 13.2. The highest BCUT2D eigenvalue weighted by molar-refractivity contribution is 7.75. The third-order valence-corrected chi connectivity index (χ3v) is 11.3. The molecule has 5 atom stereocenters. The van der Waals surface area contributed by atoms with Gasteiger partial charge in [0.25, 0.3) is 5.91 Å². The van der Waals surface area contributed by atoms with Crippen LogP contribution < -0.4 is 9.64 Å². The van der Waals surface area contributed by atoms with Crippen molar-refractivity contribution in [3.63, 3.8) is 0 Å². The summed E-state index contributed by atoms with van der Waals surface area (Å²) in [5.41, 5.74) is 2.47. The molecule has 224 valence electrons. The number of fused-ring (bicyclic) bond motifs is 4. The summed E-state index contributed by atoms with van der Waals surface area (Å²) in [7, 11) is -0.0558. The molecule has 2 aromatic carbocycles. The standard InChI is InChI=1S/C33H38ClN2O5S/c1-22-5-3-14-33(20-37,40-2)28-10-7-25(28)17-36-19-32(13-4-6-23-15-26(34)9-11-27(23)32)21-41-30-12-8-24(16-29(30)36)31(38)35-42(39)18-22/h3,8-9,11-12,14-16,20,22,25,28H,4-7,10,13,17-19,21H2,1-2H3/q-1/b14-3+/t22-,25-,28+,32-,33-/m0/s1. The number of halogens is 1. The smallest absolute Gasteiger partial charge is 0.254 e. The predicted molar refractivity (Wildman–Crippen MR) is 165 cm³/mol. The number of carbonyl (C=O) groups excluding carboxylic acids is 2. The van der Waals surface area contributed by atoms with E-state index in [1.807, 2.05) is 37.3 Å². The third kappa shape index (κ3) is 5.42. The maximum atomic E-state index is 13.2. The average molecular weight is 610 g/mol. The molecule has 0 aromatic heterocycles. The Morgan fingerprint density at radius 3 is 2.83 bits per heavy atom. The highest BCUT2D eigenvalue weighted by Gasteiger charge is 2.49. The second-order valence-corrected chi connectivity index (χ2v) is 14.1. The van der Waals surface area contributed by atoms with Crippen LogP contribution in [0.15, 0.2) is 52.9 Å². The van der Waals surface area contributed by atoms with Crippen molar-refractivity contribution in [3.8, 4) is 5.75 Å². The van der Waals surface area contributed by atoms with Crippen molar-refractivity contribution in [2.75, 3.05) is 37.5 Å². The number of hydrogen-bond acceptors (Lipinski definition) is 7. The number of aldehydes is 1. The molecule has 1 amide bonds. The maximum Gasteiger partial charge on any atom is 0.254 e. The Bertz CT molecular complexity index is 1500. The van der Waals surface area contributed by atoms with E-state index in [9.17, 15) is 13.8 Å². The Morgan fingerprint density at radius 2 is 2.07 bits per heavy atom. The summed E-state index contributed by atoms with van der Waals surface area (Å²) in [6, 6.07) is 11.6. The number of rotatable bonds is 2. The van der Waals surface area contributed by atoms with Gasteiger partial charge < -0.3 is 22.9 Å². The SMILES string of the molecule is CO[C@]1(C=O)/C=C/C[C@H](C)C[S-](=O)=NC(=O)c2ccc3c(c2)N(C[C@@H]2CC[C@H]21)C[C@@]1(CCCc2cc(Cl)ccc21)CO3. The molecule has 9 heteroatoms. The zero-order valence-corrected chi connectivity index (χ0v) is 25.8. The first-order valence-electron chi connectivity index (χ1n) is 14.9. The van der Waals surface area contributed by atoms with Gasteiger partial charge in [0, 0.05) is 42.1 Å². The van der Waals surface area contributed by atoms with E-state index in [-0.39, 0.29) is 28.9 Å². The number of hydrogen-bond donors (Lipinski definition) is 0. The lowest BCUT2D eigenvalue weighted by Gasteiger charge is -2.48. The number of nitrogens with zero attached hydrogens (tertiary/aromatic N) is 2. The van der Waals surface area contributed by atoms with E-state index in [4.69, 9.17) is 21.1 Å². The summed E-state index contributed by atoms with van der Waals surface area (Å²) >= 11 is 6.40. The minimum Gasteiger partial charge on any atom is -0.490 e. The molecular weight excluding hydrogens is 572 g/mol. The van der Waals surface area contributed by atoms with Crippen molar-refractivity contribution in [1.82, 2.24) is 0 Å². The van der Waals surface area contributed by atoms with Crippen LogP contribution in [-0.4, -0.2) is 50.4 Å². The van der Waals surface area contributed by atoms with Gasteiger partial charge in [-0.1, -0.05) is 42.3 Å². The summed E-state index contributed by atoms with van der Waals surface area (Å²) in [5.74, 6) is 0.737. The van der Waals surface area contributed by atoms with Gasteiger partial charge in [-0.3, -0.25) is 9.59 Å². The Hall–Kier alpha value is -2.68. The van der Waals surface area contributed by atoms with Crippen LogP contribution in [0.2, 0.25) is 5.02 Å². The lowest BCUT2D eigenvalue weighted by molar-refractivity contribution is -0.135. The van der Waals surface area contributed by atoms with Gasteiger partial charge in [0.2, 0.25) is 0 Å². The Morgan fingerprint density at radius 1 is 1.21 bits per heavy atom. The topological polar surface area (TPSA) is 85.3 Å². The molecule has 2 aromatic rings. The molecule has 1 spiro atoms. The fourth-order valence-corrected chi connectivity index (χ4v) is 8.59. The molecule has 0 N–H and O–H groups in total. The number of methoxy groups -OCH3 is 1. The molecule has 2 bridgehead atoms. The van der Waals surface area contributed by atoms with E-state index in [1.165, 1.54) is 11.1 Å². The molecule has 2 aliphatic heterocycles. The molecule has 42 heavy (non-hydrogen) atoms. The number of aryl methyl sites for hydroxylation is 1. The Labute approximate surface area is 254 Å². The first-order chi connectivity index (χ1) is 20.3. The summed E-state index contributed by atoms with van der Waals surface area (Å²) in [6.45, 7) is 3.87. The van der Waals surface area contributed by atoms with Gasteiger partial charge in [-0.25, -0.2) is 0 Å². The monoisotopic (exact) mass is 609 g/mol. The number of carbonyl (C=O) groups is 2.